The van der Waals surface area contributed by atoms with Crippen molar-refractivity contribution in [3.05, 3.63) is 78.6 Å². The van der Waals surface area contributed by atoms with Gasteiger partial charge in [-0.25, -0.2) is 8.42 Å². The van der Waals surface area contributed by atoms with Crippen molar-refractivity contribution in [2.45, 2.75) is 17.2 Å². The molecule has 0 atom stereocenters. The molecule has 26 heavy (non-hydrogen) atoms. The van der Waals surface area contributed by atoms with Crippen LogP contribution in [0.3, 0.4) is 0 Å². The lowest BCUT2D eigenvalue weighted by Crippen LogP contribution is -2.11. The van der Waals surface area contributed by atoms with Crippen LogP contribution in [0.5, 0.6) is 0 Å². The molecule has 0 aliphatic carbocycles. The summed E-state index contributed by atoms with van der Waals surface area (Å²) >= 11 is 0. The summed E-state index contributed by atoms with van der Waals surface area (Å²) in [7, 11) is -4.56. The van der Waals surface area contributed by atoms with Gasteiger partial charge in [0.25, 0.3) is 0 Å². The molecule has 4 nitrogen and oxygen atoms in total. The molecule has 0 spiro atoms. The van der Waals surface area contributed by atoms with Gasteiger partial charge in [0.1, 0.15) is 0 Å². The Morgan fingerprint density at radius 2 is 1.62 bits per heavy atom. The van der Waals surface area contributed by atoms with E-state index in [0.29, 0.717) is 12.2 Å². The van der Waals surface area contributed by atoms with Gasteiger partial charge in [-0.15, -0.1) is 0 Å². The molecule has 3 rings (SSSR count). The Hall–Kier alpha value is -2.80. The fraction of sp³-hybridized carbons (Fsp3) is 0.105. The highest BCUT2D eigenvalue weighted by molar-refractivity contribution is 7.91. The van der Waals surface area contributed by atoms with Gasteiger partial charge in [-0.3, -0.25) is 4.98 Å². The van der Waals surface area contributed by atoms with Crippen LogP contribution in [-0.2, 0) is 16.4 Å². The van der Waals surface area contributed by atoms with E-state index in [0.717, 1.165) is 16.7 Å². The number of aromatic nitrogens is 1. The van der Waals surface area contributed by atoms with E-state index in [1.165, 1.54) is 24.3 Å². The van der Waals surface area contributed by atoms with Gasteiger partial charge in [-0.2, -0.15) is 8.78 Å². The molecule has 1 N–H and O–H groups in total. The molecule has 0 amide bonds. The molecule has 134 valence electrons. The highest BCUT2D eigenvalue weighted by Crippen LogP contribution is 2.21. The number of anilines is 1. The van der Waals surface area contributed by atoms with Gasteiger partial charge >= 0.3 is 5.76 Å². The average molecular weight is 374 g/mol. The molecule has 0 saturated heterocycles. The quantitative estimate of drug-likeness (QED) is 0.697. The van der Waals surface area contributed by atoms with E-state index in [2.05, 4.69) is 10.3 Å². The predicted octanol–water partition coefficient (Wildman–Crippen LogP) is 4.36. The average Bonchev–Trinajstić information content (AvgIpc) is 2.67. The first kappa shape index (κ1) is 18.0. The molecule has 0 saturated carbocycles. The van der Waals surface area contributed by atoms with Crippen LogP contribution in [0.4, 0.5) is 14.5 Å². The zero-order chi connectivity index (χ0) is 18.6. The number of alkyl halides is 2. The molecular formula is C19H16F2N2O2S. The molecule has 1 aromatic heterocycles. The number of rotatable bonds is 6. The van der Waals surface area contributed by atoms with Crippen molar-refractivity contribution in [2.24, 2.45) is 0 Å². The second kappa shape index (κ2) is 7.61. The van der Waals surface area contributed by atoms with Crippen LogP contribution in [-0.4, -0.2) is 19.2 Å². The van der Waals surface area contributed by atoms with Crippen molar-refractivity contribution in [1.82, 2.24) is 4.98 Å². The zero-order valence-corrected chi connectivity index (χ0v) is 14.5. The minimum absolute atomic E-state index is 0.390. The SMILES string of the molecule is O=S(=O)(c1ccc(NCc2ccc(-c3cccnc3)cc2)cc1)C(F)F. The number of sulfone groups is 1. The van der Waals surface area contributed by atoms with Crippen LogP contribution in [0, 0.1) is 0 Å². The van der Waals surface area contributed by atoms with Crippen molar-refractivity contribution >= 4 is 15.5 Å². The number of hydrogen-bond donors (Lipinski definition) is 1. The summed E-state index contributed by atoms with van der Waals surface area (Å²) in [4.78, 5) is 3.70. The Kier molecular flexibility index (Phi) is 5.27. The normalized spacial score (nSPS) is 11.5. The van der Waals surface area contributed by atoms with E-state index in [1.807, 2.05) is 36.4 Å². The highest BCUT2D eigenvalue weighted by atomic mass is 32.2. The Balaban J connectivity index is 1.64. The largest absolute Gasteiger partial charge is 0.381 e. The first-order valence-corrected chi connectivity index (χ1v) is 9.37. The lowest BCUT2D eigenvalue weighted by molar-refractivity contribution is 0.234. The number of pyridine rings is 1. The van der Waals surface area contributed by atoms with Gasteiger partial charge in [0.05, 0.1) is 4.90 Å². The summed E-state index contributed by atoms with van der Waals surface area (Å²) in [5.74, 6) is -3.42. The summed E-state index contributed by atoms with van der Waals surface area (Å²) in [6, 6.07) is 17.1. The Morgan fingerprint density at radius 1 is 0.923 bits per heavy atom. The number of nitrogens with one attached hydrogen (secondary N) is 1. The number of halogens is 2. The lowest BCUT2D eigenvalue weighted by atomic mass is 10.1. The Labute approximate surface area is 150 Å². The standard InChI is InChI=1S/C19H16F2N2O2S/c20-19(21)26(24,25)18-9-7-17(8-10-18)23-12-14-3-5-15(6-4-14)16-2-1-11-22-13-16/h1-11,13,19,23H,12H2. The Morgan fingerprint density at radius 3 is 2.19 bits per heavy atom. The second-order valence-electron chi connectivity index (χ2n) is 5.62. The number of hydrogen-bond acceptors (Lipinski definition) is 4. The minimum atomic E-state index is -4.56. The minimum Gasteiger partial charge on any atom is -0.381 e. The van der Waals surface area contributed by atoms with Crippen LogP contribution in [0.15, 0.2) is 78.0 Å². The maximum absolute atomic E-state index is 12.5. The fourth-order valence-corrected chi connectivity index (χ4v) is 3.14. The van der Waals surface area contributed by atoms with Crippen LogP contribution in [0.25, 0.3) is 11.1 Å². The van der Waals surface area contributed by atoms with E-state index in [-0.39, 0.29) is 4.90 Å². The van der Waals surface area contributed by atoms with Gasteiger partial charge in [0.15, 0.2) is 0 Å². The van der Waals surface area contributed by atoms with Crippen LogP contribution in [0.2, 0.25) is 0 Å². The molecule has 1 heterocycles. The molecule has 0 bridgehead atoms. The van der Waals surface area contributed by atoms with Crippen LogP contribution >= 0.6 is 0 Å². The van der Waals surface area contributed by atoms with Gasteiger partial charge < -0.3 is 5.32 Å². The third-order valence-electron chi connectivity index (χ3n) is 3.86. The van der Waals surface area contributed by atoms with E-state index >= 15 is 0 Å². The van der Waals surface area contributed by atoms with Gasteiger partial charge in [-0.1, -0.05) is 30.3 Å². The van der Waals surface area contributed by atoms with Gasteiger partial charge in [0.2, 0.25) is 9.84 Å². The fourth-order valence-electron chi connectivity index (χ4n) is 2.42. The molecule has 0 aliphatic rings. The molecule has 0 aliphatic heterocycles. The molecular weight excluding hydrogens is 358 g/mol. The Bertz CT molecular complexity index is 959. The summed E-state index contributed by atoms with van der Waals surface area (Å²) < 4.78 is 47.8. The predicted molar refractivity (Wildman–Crippen MR) is 96.6 cm³/mol. The lowest BCUT2D eigenvalue weighted by Gasteiger charge is -2.09. The van der Waals surface area contributed by atoms with Gasteiger partial charge in [0, 0.05) is 24.6 Å². The van der Waals surface area contributed by atoms with Crippen molar-refractivity contribution in [1.29, 1.82) is 0 Å². The van der Waals surface area contributed by atoms with E-state index < -0.39 is 15.6 Å². The molecule has 0 radical (unpaired) electrons. The third-order valence-corrected chi connectivity index (χ3v) is 5.26. The molecule has 7 heteroatoms. The van der Waals surface area contributed by atoms with E-state index in [9.17, 15) is 17.2 Å². The summed E-state index contributed by atoms with van der Waals surface area (Å²) in [5, 5.41) is 3.13. The smallest absolute Gasteiger partial charge is 0.341 e. The first-order chi connectivity index (χ1) is 12.5. The molecule has 0 fully saturated rings. The zero-order valence-electron chi connectivity index (χ0n) is 13.6. The summed E-state index contributed by atoms with van der Waals surface area (Å²) in [5.41, 5.74) is 3.77. The molecule has 0 unspecified atom stereocenters. The van der Waals surface area contributed by atoms with Crippen molar-refractivity contribution in [2.75, 3.05) is 5.32 Å². The molecule has 2 aromatic carbocycles. The maximum atomic E-state index is 12.5. The second-order valence-corrected chi connectivity index (χ2v) is 7.54. The number of nitrogens with zero attached hydrogens (tertiary/aromatic N) is 1. The maximum Gasteiger partial charge on any atom is 0.341 e. The van der Waals surface area contributed by atoms with Crippen molar-refractivity contribution < 1.29 is 17.2 Å². The van der Waals surface area contributed by atoms with Crippen LogP contribution < -0.4 is 5.32 Å². The third kappa shape index (κ3) is 4.05. The van der Waals surface area contributed by atoms with E-state index in [4.69, 9.17) is 0 Å². The molecule has 3 aromatic rings. The van der Waals surface area contributed by atoms with Gasteiger partial charge in [-0.05, 0) is 47.0 Å². The number of benzene rings is 2. The topological polar surface area (TPSA) is 59.1 Å². The first-order valence-electron chi connectivity index (χ1n) is 7.82. The summed E-state index contributed by atoms with van der Waals surface area (Å²) in [6.07, 6.45) is 3.52. The van der Waals surface area contributed by atoms with E-state index in [1.54, 1.807) is 12.4 Å². The van der Waals surface area contributed by atoms with Crippen molar-refractivity contribution in [3.63, 3.8) is 0 Å². The monoisotopic (exact) mass is 374 g/mol. The van der Waals surface area contributed by atoms with Crippen LogP contribution in [0.1, 0.15) is 5.56 Å². The van der Waals surface area contributed by atoms with Crippen molar-refractivity contribution in [3.8, 4) is 11.1 Å². The summed E-state index contributed by atoms with van der Waals surface area (Å²) in [6.45, 7) is 0.522. The highest BCUT2D eigenvalue weighted by Gasteiger charge is 2.26.